The van der Waals surface area contributed by atoms with Gasteiger partial charge in [0.15, 0.2) is 6.39 Å². The maximum Gasteiger partial charge on any atom is 0.291 e. The van der Waals surface area contributed by atoms with E-state index in [-0.39, 0.29) is 36.3 Å². The number of ether oxygens (including phenoxy) is 1. The van der Waals surface area contributed by atoms with E-state index in [1.807, 2.05) is 0 Å². The first-order valence-electron chi connectivity index (χ1n) is 5.83. The minimum Gasteiger partial charge on any atom is -0.438 e. The predicted molar refractivity (Wildman–Crippen MR) is 58.7 cm³/mol. The largest absolute Gasteiger partial charge is 0.438 e. The molecule has 7 nitrogen and oxygen atoms in total. The Balaban J connectivity index is 1.69. The first-order valence-corrected chi connectivity index (χ1v) is 5.83. The summed E-state index contributed by atoms with van der Waals surface area (Å²) in [7, 11) is 0. The number of carbonyl (C=O) groups is 2. The highest BCUT2D eigenvalue weighted by molar-refractivity contribution is 5.91. The molecule has 0 aliphatic carbocycles. The van der Waals surface area contributed by atoms with Gasteiger partial charge in [0.25, 0.3) is 5.91 Å². The topological polar surface area (TPSA) is 84.7 Å². The third-order valence-corrected chi connectivity index (χ3v) is 3.25. The molecule has 2 aliphatic heterocycles. The number of carbonyl (C=O) groups excluding carboxylic acids is 2. The summed E-state index contributed by atoms with van der Waals surface area (Å²) in [5.41, 5.74) is 0. The van der Waals surface area contributed by atoms with Crippen molar-refractivity contribution < 1.29 is 18.7 Å². The maximum absolute atomic E-state index is 12.1. The van der Waals surface area contributed by atoms with E-state index in [9.17, 15) is 9.59 Å². The van der Waals surface area contributed by atoms with Gasteiger partial charge in [0.2, 0.25) is 11.7 Å². The van der Waals surface area contributed by atoms with Gasteiger partial charge >= 0.3 is 0 Å². The zero-order valence-corrected chi connectivity index (χ0v) is 9.67. The zero-order chi connectivity index (χ0) is 12.5. The Morgan fingerprint density at radius 2 is 2.44 bits per heavy atom. The fraction of sp³-hybridized carbons (Fsp3) is 0.545. The van der Waals surface area contributed by atoms with E-state index in [4.69, 9.17) is 9.15 Å². The number of aromatic nitrogens is 1. The van der Waals surface area contributed by atoms with Crippen LogP contribution in [0, 0.1) is 0 Å². The fourth-order valence-electron chi connectivity index (χ4n) is 2.36. The first kappa shape index (κ1) is 11.2. The molecule has 0 radical (unpaired) electrons. The fourth-order valence-corrected chi connectivity index (χ4v) is 2.36. The average molecular weight is 251 g/mol. The van der Waals surface area contributed by atoms with Gasteiger partial charge in [0, 0.05) is 13.1 Å². The van der Waals surface area contributed by atoms with Crippen LogP contribution in [0.5, 0.6) is 0 Å². The van der Waals surface area contributed by atoms with E-state index in [2.05, 4.69) is 10.3 Å². The number of likely N-dealkylation sites (tertiary alicyclic amines) is 1. The molecule has 96 valence electrons. The predicted octanol–water partition coefficient (Wildman–Crippen LogP) is -0.596. The van der Waals surface area contributed by atoms with E-state index < -0.39 is 0 Å². The van der Waals surface area contributed by atoms with E-state index >= 15 is 0 Å². The highest BCUT2D eigenvalue weighted by Gasteiger charge is 2.36. The number of oxazole rings is 1. The molecule has 3 rings (SSSR count). The Morgan fingerprint density at radius 1 is 1.56 bits per heavy atom. The van der Waals surface area contributed by atoms with Crippen LogP contribution in [-0.2, 0) is 9.53 Å². The van der Waals surface area contributed by atoms with Crippen molar-refractivity contribution in [3.05, 3.63) is 18.4 Å². The maximum atomic E-state index is 12.1. The van der Waals surface area contributed by atoms with Crippen molar-refractivity contribution in [3.63, 3.8) is 0 Å². The Labute approximate surface area is 103 Å². The van der Waals surface area contributed by atoms with Crippen LogP contribution in [-0.4, -0.2) is 53.5 Å². The Kier molecular flexibility index (Phi) is 2.75. The van der Waals surface area contributed by atoms with Gasteiger partial charge < -0.3 is 19.4 Å². The molecule has 2 amide bonds. The number of piperidine rings is 1. The lowest BCUT2D eigenvalue weighted by molar-refractivity contribution is -0.139. The van der Waals surface area contributed by atoms with Crippen LogP contribution in [0.4, 0.5) is 0 Å². The second-order valence-corrected chi connectivity index (χ2v) is 4.43. The van der Waals surface area contributed by atoms with Crippen molar-refractivity contribution in [2.45, 2.75) is 18.6 Å². The monoisotopic (exact) mass is 251 g/mol. The third-order valence-electron chi connectivity index (χ3n) is 3.25. The number of nitrogens with one attached hydrogen (secondary N) is 1. The molecule has 2 aliphatic rings. The summed E-state index contributed by atoms with van der Waals surface area (Å²) in [5, 5.41) is 2.84. The van der Waals surface area contributed by atoms with Crippen molar-refractivity contribution in [1.29, 1.82) is 0 Å². The Bertz CT molecular complexity index is 459. The average Bonchev–Trinajstić information content (AvgIpc) is 2.90. The molecule has 0 bridgehead atoms. The molecule has 1 aromatic heterocycles. The van der Waals surface area contributed by atoms with Gasteiger partial charge in [-0.25, -0.2) is 4.98 Å². The summed E-state index contributed by atoms with van der Waals surface area (Å²) < 4.78 is 10.4. The SMILES string of the molecule is O=C1CO[C@@H]2CCN(C(=O)c3cnco3)C[C@@H]2N1. The van der Waals surface area contributed by atoms with Crippen molar-refractivity contribution in [2.24, 2.45) is 0 Å². The molecule has 3 heterocycles. The first-order chi connectivity index (χ1) is 8.74. The van der Waals surface area contributed by atoms with E-state index in [0.717, 1.165) is 0 Å². The standard InChI is InChI=1S/C11H13N3O4/c15-10-5-17-8-1-2-14(4-7(8)13-10)11(16)9-3-12-6-18-9/h3,6-8H,1-2,4-5H2,(H,13,15)/t7-,8+/m0/s1. The molecule has 0 saturated carbocycles. The zero-order valence-electron chi connectivity index (χ0n) is 9.67. The van der Waals surface area contributed by atoms with E-state index in [1.54, 1.807) is 4.90 Å². The van der Waals surface area contributed by atoms with Crippen molar-refractivity contribution >= 4 is 11.8 Å². The summed E-state index contributed by atoms with van der Waals surface area (Å²) in [6, 6.07) is -0.133. The molecule has 1 N–H and O–H groups in total. The molecule has 1 aromatic rings. The quantitative estimate of drug-likeness (QED) is 0.720. The van der Waals surface area contributed by atoms with Crippen molar-refractivity contribution in [2.75, 3.05) is 19.7 Å². The van der Waals surface area contributed by atoms with Crippen LogP contribution in [0.2, 0.25) is 0 Å². The molecule has 2 fully saturated rings. The number of hydrogen-bond acceptors (Lipinski definition) is 5. The number of morpholine rings is 1. The molecule has 0 aromatic carbocycles. The van der Waals surface area contributed by atoms with Crippen LogP contribution >= 0.6 is 0 Å². The van der Waals surface area contributed by atoms with Crippen LogP contribution in [0.1, 0.15) is 17.0 Å². The number of fused-ring (bicyclic) bond motifs is 1. The second-order valence-electron chi connectivity index (χ2n) is 4.43. The van der Waals surface area contributed by atoms with Gasteiger partial charge in [0.05, 0.1) is 18.3 Å². The third kappa shape index (κ3) is 1.97. The van der Waals surface area contributed by atoms with Crippen molar-refractivity contribution in [1.82, 2.24) is 15.2 Å². The van der Waals surface area contributed by atoms with Crippen LogP contribution in [0.15, 0.2) is 17.0 Å². The van der Waals surface area contributed by atoms with E-state index in [0.29, 0.717) is 19.5 Å². The van der Waals surface area contributed by atoms with Gasteiger partial charge in [-0.05, 0) is 6.42 Å². The number of nitrogens with zero attached hydrogens (tertiary/aromatic N) is 2. The molecule has 2 saturated heterocycles. The molecular formula is C11H13N3O4. The van der Waals surface area contributed by atoms with Gasteiger partial charge in [-0.15, -0.1) is 0 Å². The molecule has 2 atom stereocenters. The molecule has 7 heteroatoms. The minimum atomic E-state index is -0.203. The molecule has 0 spiro atoms. The van der Waals surface area contributed by atoms with Crippen molar-refractivity contribution in [3.8, 4) is 0 Å². The number of hydrogen-bond donors (Lipinski definition) is 1. The molecule has 0 unspecified atom stereocenters. The summed E-state index contributed by atoms with van der Waals surface area (Å²) in [6.07, 6.45) is 3.34. The molecule has 18 heavy (non-hydrogen) atoms. The normalized spacial score (nSPS) is 27.6. The summed E-state index contributed by atoms with van der Waals surface area (Å²) in [6.45, 7) is 1.14. The van der Waals surface area contributed by atoms with E-state index in [1.165, 1.54) is 12.6 Å². The highest BCUT2D eigenvalue weighted by atomic mass is 16.5. The number of rotatable bonds is 1. The van der Waals surface area contributed by atoms with Crippen LogP contribution in [0.3, 0.4) is 0 Å². The summed E-state index contributed by atoms with van der Waals surface area (Å²) in [4.78, 5) is 28.7. The summed E-state index contributed by atoms with van der Waals surface area (Å²) in [5.74, 6) is -0.118. The van der Waals surface area contributed by atoms with Gasteiger partial charge in [-0.1, -0.05) is 0 Å². The Hall–Kier alpha value is -1.89. The lowest BCUT2D eigenvalue weighted by Gasteiger charge is -2.40. The number of amides is 2. The Morgan fingerprint density at radius 3 is 3.22 bits per heavy atom. The van der Waals surface area contributed by atoms with Crippen LogP contribution < -0.4 is 5.32 Å². The van der Waals surface area contributed by atoms with Gasteiger partial charge in [0.1, 0.15) is 6.61 Å². The minimum absolute atomic E-state index is 0.00137. The van der Waals surface area contributed by atoms with Gasteiger partial charge in [-0.3, -0.25) is 9.59 Å². The molecular weight excluding hydrogens is 238 g/mol. The van der Waals surface area contributed by atoms with Gasteiger partial charge in [-0.2, -0.15) is 0 Å². The van der Waals surface area contributed by atoms with Crippen LogP contribution in [0.25, 0.3) is 0 Å². The smallest absolute Gasteiger partial charge is 0.291 e. The second kappa shape index (κ2) is 4.41. The highest BCUT2D eigenvalue weighted by Crippen LogP contribution is 2.19. The lowest BCUT2D eigenvalue weighted by atomic mass is 10.0. The lowest BCUT2D eigenvalue weighted by Crippen LogP contribution is -2.61. The summed E-state index contributed by atoms with van der Waals surface area (Å²) >= 11 is 0.